The van der Waals surface area contributed by atoms with Gasteiger partial charge in [0.05, 0.1) is 19.2 Å². The molecule has 4 rings (SSSR count). The third-order valence-corrected chi connectivity index (χ3v) is 5.92. The second-order valence-corrected chi connectivity index (χ2v) is 8.29. The molecule has 1 aromatic heterocycles. The molecule has 0 aliphatic heterocycles. The quantitative estimate of drug-likeness (QED) is 0.344. The second kappa shape index (κ2) is 10.8. The Morgan fingerprint density at radius 3 is 2.45 bits per heavy atom. The van der Waals surface area contributed by atoms with E-state index in [1.807, 2.05) is 34.9 Å². The lowest BCUT2D eigenvalue weighted by atomic mass is 10.2. The zero-order chi connectivity index (χ0) is 23.0. The summed E-state index contributed by atoms with van der Waals surface area (Å²) in [5.41, 5.74) is 2.15. The highest BCUT2D eigenvalue weighted by Crippen LogP contribution is 2.27. The fourth-order valence-electron chi connectivity index (χ4n) is 3.28. The Morgan fingerprint density at radius 2 is 1.73 bits per heavy atom. The van der Waals surface area contributed by atoms with E-state index in [2.05, 4.69) is 15.5 Å². The van der Waals surface area contributed by atoms with Crippen molar-refractivity contribution in [2.45, 2.75) is 18.1 Å². The molecule has 0 bridgehead atoms. The highest BCUT2D eigenvalue weighted by molar-refractivity contribution is 7.99. The Bertz CT molecular complexity index is 1210. The molecule has 1 N–H and O–H groups in total. The van der Waals surface area contributed by atoms with E-state index in [-0.39, 0.29) is 11.7 Å². The van der Waals surface area contributed by atoms with Gasteiger partial charge < -0.3 is 10.1 Å². The average Bonchev–Trinajstić information content (AvgIpc) is 3.22. The zero-order valence-electron chi connectivity index (χ0n) is 18.1. The van der Waals surface area contributed by atoms with Crippen LogP contribution in [0.2, 0.25) is 0 Å². The molecule has 0 unspecified atom stereocenters. The third kappa shape index (κ3) is 5.78. The van der Waals surface area contributed by atoms with E-state index in [9.17, 15) is 9.18 Å². The molecule has 0 fully saturated rings. The van der Waals surface area contributed by atoms with Crippen LogP contribution in [-0.2, 0) is 11.3 Å². The summed E-state index contributed by atoms with van der Waals surface area (Å²) >= 11 is 1.42. The topological polar surface area (TPSA) is 69.0 Å². The monoisotopic (exact) mass is 462 g/mol. The SMILES string of the molecule is COc1ccc(NC(=O)CCSc2nnc(-c3ccccc3F)n2Cc2ccccc2)cc1. The number of carbonyl (C=O) groups is 1. The van der Waals surface area contributed by atoms with E-state index >= 15 is 0 Å². The summed E-state index contributed by atoms with van der Waals surface area (Å²) in [5, 5.41) is 12.1. The van der Waals surface area contributed by atoms with Crippen LogP contribution < -0.4 is 10.1 Å². The molecule has 1 amide bonds. The van der Waals surface area contributed by atoms with Crippen molar-refractivity contribution in [1.82, 2.24) is 14.8 Å². The number of methoxy groups -OCH3 is 1. The van der Waals surface area contributed by atoms with Gasteiger partial charge in [-0.2, -0.15) is 0 Å². The van der Waals surface area contributed by atoms with Crippen molar-refractivity contribution in [2.24, 2.45) is 0 Å². The Kier molecular flexibility index (Phi) is 7.36. The molecule has 6 nitrogen and oxygen atoms in total. The summed E-state index contributed by atoms with van der Waals surface area (Å²) in [6.07, 6.45) is 0.296. The van der Waals surface area contributed by atoms with Crippen LogP contribution in [-0.4, -0.2) is 33.5 Å². The lowest BCUT2D eigenvalue weighted by molar-refractivity contribution is -0.115. The minimum atomic E-state index is -0.352. The second-order valence-electron chi connectivity index (χ2n) is 7.23. The van der Waals surface area contributed by atoms with Crippen LogP contribution in [0, 0.1) is 5.82 Å². The normalized spacial score (nSPS) is 10.7. The summed E-state index contributed by atoms with van der Waals surface area (Å²) < 4.78 is 21.5. The predicted octanol–water partition coefficient (Wildman–Crippen LogP) is 5.26. The molecule has 8 heteroatoms. The van der Waals surface area contributed by atoms with Gasteiger partial charge in [0.2, 0.25) is 5.91 Å². The number of rotatable bonds is 9. The average molecular weight is 463 g/mol. The maximum atomic E-state index is 14.5. The fourth-order valence-corrected chi connectivity index (χ4v) is 4.15. The van der Waals surface area contributed by atoms with E-state index < -0.39 is 0 Å². The van der Waals surface area contributed by atoms with Gasteiger partial charge >= 0.3 is 0 Å². The number of amides is 1. The van der Waals surface area contributed by atoms with Crippen molar-refractivity contribution >= 4 is 23.4 Å². The number of ether oxygens (including phenoxy) is 1. The summed E-state index contributed by atoms with van der Waals surface area (Å²) in [6.45, 7) is 0.498. The molecule has 0 saturated heterocycles. The fraction of sp³-hybridized carbons (Fsp3) is 0.160. The lowest BCUT2D eigenvalue weighted by Gasteiger charge is -2.11. The highest BCUT2D eigenvalue weighted by atomic mass is 32.2. The summed E-state index contributed by atoms with van der Waals surface area (Å²) in [5.74, 6) is 1.24. The van der Waals surface area contributed by atoms with E-state index in [0.717, 1.165) is 11.3 Å². The summed E-state index contributed by atoms with van der Waals surface area (Å²) in [4.78, 5) is 12.4. The number of hydrogen-bond donors (Lipinski definition) is 1. The predicted molar refractivity (Wildman–Crippen MR) is 128 cm³/mol. The van der Waals surface area contributed by atoms with E-state index in [4.69, 9.17) is 4.74 Å². The summed E-state index contributed by atoms with van der Waals surface area (Å²) in [6, 6.07) is 23.6. The van der Waals surface area contributed by atoms with E-state index in [0.29, 0.717) is 41.0 Å². The molecule has 4 aromatic rings. The maximum Gasteiger partial charge on any atom is 0.225 e. The summed E-state index contributed by atoms with van der Waals surface area (Å²) in [7, 11) is 1.60. The van der Waals surface area contributed by atoms with E-state index in [1.54, 1.807) is 49.6 Å². The van der Waals surface area contributed by atoms with Gasteiger partial charge in [-0.15, -0.1) is 10.2 Å². The highest BCUT2D eigenvalue weighted by Gasteiger charge is 2.18. The van der Waals surface area contributed by atoms with Gasteiger partial charge in [0.25, 0.3) is 0 Å². The minimum absolute atomic E-state index is 0.101. The van der Waals surface area contributed by atoms with Gasteiger partial charge in [0, 0.05) is 17.9 Å². The number of thioether (sulfide) groups is 1. The number of aromatic nitrogens is 3. The van der Waals surface area contributed by atoms with Crippen molar-refractivity contribution < 1.29 is 13.9 Å². The Balaban J connectivity index is 1.46. The van der Waals surface area contributed by atoms with Gasteiger partial charge in [-0.1, -0.05) is 54.2 Å². The number of hydrogen-bond acceptors (Lipinski definition) is 5. The first-order chi connectivity index (χ1) is 16.1. The van der Waals surface area contributed by atoms with Gasteiger partial charge in [-0.05, 0) is 42.0 Å². The molecule has 0 spiro atoms. The first kappa shape index (κ1) is 22.5. The smallest absolute Gasteiger partial charge is 0.225 e. The first-order valence-corrected chi connectivity index (χ1v) is 11.4. The lowest BCUT2D eigenvalue weighted by Crippen LogP contribution is -2.12. The molecule has 3 aromatic carbocycles. The third-order valence-electron chi connectivity index (χ3n) is 4.95. The standard InChI is InChI=1S/C25H23FN4O2S/c1-32-20-13-11-19(12-14-20)27-23(31)15-16-33-25-29-28-24(21-9-5-6-10-22(21)26)30(25)17-18-7-3-2-4-8-18/h2-14H,15-17H2,1H3,(H,27,31). The maximum absolute atomic E-state index is 14.5. The molecule has 168 valence electrons. The van der Waals surface area contributed by atoms with Crippen LogP contribution >= 0.6 is 11.8 Å². The van der Waals surface area contributed by atoms with Crippen LogP contribution in [0.15, 0.2) is 84.0 Å². The van der Waals surface area contributed by atoms with E-state index in [1.165, 1.54) is 17.8 Å². The number of benzene rings is 3. The molecule has 0 aliphatic rings. The first-order valence-electron chi connectivity index (χ1n) is 10.4. The molecular formula is C25H23FN4O2S. The van der Waals surface area contributed by atoms with Crippen molar-refractivity contribution in [1.29, 1.82) is 0 Å². The minimum Gasteiger partial charge on any atom is -0.497 e. The van der Waals surface area contributed by atoms with Gasteiger partial charge in [0.15, 0.2) is 11.0 Å². The molecule has 33 heavy (non-hydrogen) atoms. The number of nitrogens with one attached hydrogen (secondary N) is 1. The molecule has 0 radical (unpaired) electrons. The molecular weight excluding hydrogens is 439 g/mol. The molecule has 0 aliphatic carbocycles. The van der Waals surface area contributed by atoms with Crippen LogP contribution in [0.5, 0.6) is 5.75 Å². The van der Waals surface area contributed by atoms with Crippen LogP contribution in [0.3, 0.4) is 0 Å². The largest absolute Gasteiger partial charge is 0.497 e. The number of halogens is 1. The molecule has 0 atom stereocenters. The van der Waals surface area contributed by atoms with Gasteiger partial charge in [-0.25, -0.2) is 4.39 Å². The molecule has 0 saturated carbocycles. The number of nitrogens with zero attached hydrogens (tertiary/aromatic N) is 3. The zero-order valence-corrected chi connectivity index (χ0v) is 18.9. The van der Waals surface area contributed by atoms with Gasteiger partial charge in [0.1, 0.15) is 11.6 Å². The Labute approximate surface area is 195 Å². The molecule has 1 heterocycles. The number of carbonyl (C=O) groups excluding carboxylic acids is 1. The van der Waals surface area contributed by atoms with Crippen LogP contribution in [0.25, 0.3) is 11.4 Å². The van der Waals surface area contributed by atoms with Crippen molar-refractivity contribution in [3.05, 3.63) is 90.2 Å². The Morgan fingerprint density at radius 1 is 1.00 bits per heavy atom. The van der Waals surface area contributed by atoms with Gasteiger partial charge in [-0.3, -0.25) is 9.36 Å². The van der Waals surface area contributed by atoms with Crippen molar-refractivity contribution in [3.8, 4) is 17.1 Å². The van der Waals surface area contributed by atoms with Crippen molar-refractivity contribution in [3.63, 3.8) is 0 Å². The van der Waals surface area contributed by atoms with Crippen LogP contribution in [0.1, 0.15) is 12.0 Å². The Hall–Kier alpha value is -3.65. The van der Waals surface area contributed by atoms with Crippen molar-refractivity contribution in [2.75, 3.05) is 18.2 Å². The van der Waals surface area contributed by atoms with Crippen LogP contribution in [0.4, 0.5) is 10.1 Å². The number of anilines is 1.